The Balaban J connectivity index is 2.56. The number of ether oxygens (including phenoxy) is 1. The highest BCUT2D eigenvalue weighted by Crippen LogP contribution is 2.21. The van der Waals surface area contributed by atoms with E-state index in [1.807, 2.05) is 18.2 Å². The Hall–Kier alpha value is -1.39. The third-order valence-electron chi connectivity index (χ3n) is 3.24. The molecule has 4 nitrogen and oxygen atoms in total. The van der Waals surface area contributed by atoms with Crippen LogP contribution in [0.4, 0.5) is 0 Å². The lowest BCUT2D eigenvalue weighted by molar-refractivity contribution is 0.0932. The van der Waals surface area contributed by atoms with Crippen LogP contribution in [0.2, 0.25) is 0 Å². The van der Waals surface area contributed by atoms with Crippen molar-refractivity contribution in [3.05, 3.63) is 35.4 Å². The highest BCUT2D eigenvalue weighted by atomic mass is 16.5. The Morgan fingerprint density at radius 3 is 2.80 bits per heavy atom. The molecule has 1 rings (SSSR count). The summed E-state index contributed by atoms with van der Waals surface area (Å²) in [5.41, 5.74) is 1.62. The van der Waals surface area contributed by atoms with E-state index < -0.39 is 0 Å². The molecule has 1 aromatic rings. The molecule has 0 aromatic heterocycles. The second-order valence-corrected chi connectivity index (χ2v) is 5.81. The minimum atomic E-state index is -0.0694. The standard InChI is InChI=1S/C16H25NO3/c1-16(2,8-5-9-18)12-17-15(19)14-7-4-6-13(10-14)11-20-3/h4,6-7,10,18H,5,8-9,11-12H2,1-3H3,(H,17,19). The van der Waals surface area contributed by atoms with Crippen LogP contribution in [0.5, 0.6) is 0 Å². The van der Waals surface area contributed by atoms with Crippen molar-refractivity contribution >= 4 is 5.91 Å². The van der Waals surface area contributed by atoms with Gasteiger partial charge in [-0.3, -0.25) is 4.79 Å². The minimum absolute atomic E-state index is 0.0114. The third-order valence-corrected chi connectivity index (χ3v) is 3.24. The maximum absolute atomic E-state index is 12.1. The lowest BCUT2D eigenvalue weighted by Crippen LogP contribution is -2.34. The average molecular weight is 279 g/mol. The van der Waals surface area contributed by atoms with Crippen LogP contribution in [0.3, 0.4) is 0 Å². The predicted octanol–water partition coefficient (Wildman–Crippen LogP) is 2.36. The molecule has 0 aliphatic carbocycles. The summed E-state index contributed by atoms with van der Waals surface area (Å²) in [5, 5.41) is 11.8. The van der Waals surface area contributed by atoms with Crippen molar-refractivity contribution < 1.29 is 14.6 Å². The highest BCUT2D eigenvalue weighted by Gasteiger charge is 2.18. The van der Waals surface area contributed by atoms with E-state index in [1.165, 1.54) is 0 Å². The van der Waals surface area contributed by atoms with Gasteiger partial charge in [-0.25, -0.2) is 0 Å². The van der Waals surface area contributed by atoms with E-state index in [0.29, 0.717) is 18.7 Å². The second kappa shape index (κ2) is 8.02. The summed E-state index contributed by atoms with van der Waals surface area (Å²) in [5.74, 6) is -0.0694. The molecule has 20 heavy (non-hydrogen) atoms. The zero-order chi connectivity index (χ0) is 15.0. The summed E-state index contributed by atoms with van der Waals surface area (Å²) >= 11 is 0. The van der Waals surface area contributed by atoms with E-state index in [9.17, 15) is 4.79 Å². The van der Waals surface area contributed by atoms with Gasteiger partial charge in [0.05, 0.1) is 6.61 Å². The molecule has 0 saturated heterocycles. The van der Waals surface area contributed by atoms with E-state index in [4.69, 9.17) is 9.84 Å². The first-order chi connectivity index (χ1) is 9.48. The van der Waals surface area contributed by atoms with Crippen LogP contribution in [0.15, 0.2) is 24.3 Å². The van der Waals surface area contributed by atoms with Gasteiger partial charge < -0.3 is 15.2 Å². The van der Waals surface area contributed by atoms with Crippen LogP contribution >= 0.6 is 0 Å². The molecular formula is C16H25NO3. The smallest absolute Gasteiger partial charge is 0.251 e. The number of aliphatic hydroxyl groups excluding tert-OH is 1. The summed E-state index contributed by atoms with van der Waals surface area (Å²) in [6.07, 6.45) is 1.64. The van der Waals surface area contributed by atoms with Gasteiger partial charge in [-0.1, -0.05) is 26.0 Å². The van der Waals surface area contributed by atoms with Crippen LogP contribution in [-0.4, -0.2) is 31.3 Å². The van der Waals surface area contributed by atoms with Gasteiger partial charge >= 0.3 is 0 Å². The molecule has 1 aromatic carbocycles. The van der Waals surface area contributed by atoms with Gasteiger partial charge in [0.2, 0.25) is 0 Å². The Morgan fingerprint density at radius 1 is 1.40 bits per heavy atom. The van der Waals surface area contributed by atoms with Gasteiger partial charge in [0.25, 0.3) is 5.91 Å². The van der Waals surface area contributed by atoms with Gasteiger partial charge in [0.1, 0.15) is 0 Å². The minimum Gasteiger partial charge on any atom is -0.396 e. The molecule has 0 saturated carbocycles. The highest BCUT2D eigenvalue weighted by molar-refractivity contribution is 5.94. The average Bonchev–Trinajstić information content (AvgIpc) is 2.43. The topological polar surface area (TPSA) is 58.6 Å². The van der Waals surface area contributed by atoms with Gasteiger partial charge in [0, 0.05) is 25.8 Å². The molecule has 0 heterocycles. The van der Waals surface area contributed by atoms with Crippen LogP contribution in [-0.2, 0) is 11.3 Å². The molecule has 0 aliphatic heterocycles. The van der Waals surface area contributed by atoms with Crippen molar-refractivity contribution in [1.29, 1.82) is 0 Å². The largest absolute Gasteiger partial charge is 0.396 e. The number of rotatable bonds is 8. The summed E-state index contributed by atoms with van der Waals surface area (Å²) in [4.78, 5) is 12.1. The number of methoxy groups -OCH3 is 1. The molecule has 0 atom stereocenters. The molecule has 0 fully saturated rings. The van der Waals surface area contributed by atoms with E-state index >= 15 is 0 Å². The fourth-order valence-corrected chi connectivity index (χ4v) is 2.04. The van der Waals surface area contributed by atoms with Crippen molar-refractivity contribution in [3.63, 3.8) is 0 Å². The van der Waals surface area contributed by atoms with Crippen molar-refractivity contribution in [2.45, 2.75) is 33.3 Å². The van der Waals surface area contributed by atoms with Gasteiger partial charge in [-0.05, 0) is 36.0 Å². The van der Waals surface area contributed by atoms with E-state index in [-0.39, 0.29) is 17.9 Å². The summed E-state index contributed by atoms with van der Waals surface area (Å²) in [6, 6.07) is 7.44. The number of carbonyl (C=O) groups excluding carboxylic acids is 1. The molecular weight excluding hydrogens is 254 g/mol. The maximum Gasteiger partial charge on any atom is 0.251 e. The zero-order valence-electron chi connectivity index (χ0n) is 12.6. The molecule has 4 heteroatoms. The van der Waals surface area contributed by atoms with Crippen LogP contribution in [0, 0.1) is 5.41 Å². The quantitative estimate of drug-likeness (QED) is 0.768. The molecule has 0 unspecified atom stereocenters. The molecule has 0 bridgehead atoms. The molecule has 0 radical (unpaired) electrons. The monoisotopic (exact) mass is 279 g/mol. The number of hydrogen-bond donors (Lipinski definition) is 2. The SMILES string of the molecule is COCc1cccc(C(=O)NCC(C)(C)CCCO)c1. The van der Waals surface area contributed by atoms with E-state index in [0.717, 1.165) is 18.4 Å². The third kappa shape index (κ3) is 5.72. The molecule has 112 valence electrons. The van der Waals surface area contributed by atoms with Gasteiger partial charge in [-0.15, -0.1) is 0 Å². The number of carbonyl (C=O) groups is 1. The Bertz CT molecular complexity index is 429. The summed E-state index contributed by atoms with van der Waals surface area (Å²) in [6.45, 7) is 5.47. The molecule has 2 N–H and O–H groups in total. The van der Waals surface area contributed by atoms with Gasteiger partial charge in [-0.2, -0.15) is 0 Å². The number of amides is 1. The Kier molecular flexibility index (Phi) is 6.68. The van der Waals surface area contributed by atoms with Crippen molar-refractivity contribution in [1.82, 2.24) is 5.32 Å². The second-order valence-electron chi connectivity index (χ2n) is 5.81. The summed E-state index contributed by atoms with van der Waals surface area (Å²) < 4.78 is 5.07. The van der Waals surface area contributed by atoms with Crippen molar-refractivity contribution in [2.75, 3.05) is 20.3 Å². The van der Waals surface area contributed by atoms with E-state index in [2.05, 4.69) is 19.2 Å². The fraction of sp³-hybridized carbons (Fsp3) is 0.562. The normalized spacial score (nSPS) is 11.4. The Labute approximate surface area is 121 Å². The maximum atomic E-state index is 12.1. The van der Waals surface area contributed by atoms with Crippen molar-refractivity contribution in [3.8, 4) is 0 Å². The lowest BCUT2D eigenvalue weighted by atomic mass is 9.88. The first-order valence-electron chi connectivity index (χ1n) is 6.95. The zero-order valence-corrected chi connectivity index (χ0v) is 12.6. The van der Waals surface area contributed by atoms with E-state index in [1.54, 1.807) is 13.2 Å². The van der Waals surface area contributed by atoms with Crippen LogP contribution in [0.1, 0.15) is 42.6 Å². The van der Waals surface area contributed by atoms with Crippen LogP contribution in [0.25, 0.3) is 0 Å². The number of benzene rings is 1. The Morgan fingerprint density at radius 2 is 2.15 bits per heavy atom. The number of aliphatic hydroxyl groups is 1. The molecule has 0 aliphatic rings. The molecule has 1 amide bonds. The first-order valence-corrected chi connectivity index (χ1v) is 6.95. The summed E-state index contributed by atoms with van der Waals surface area (Å²) in [7, 11) is 1.64. The van der Waals surface area contributed by atoms with Crippen molar-refractivity contribution in [2.24, 2.45) is 5.41 Å². The predicted molar refractivity (Wildman–Crippen MR) is 79.6 cm³/mol. The van der Waals surface area contributed by atoms with Gasteiger partial charge in [0.15, 0.2) is 0 Å². The fourth-order valence-electron chi connectivity index (χ4n) is 2.04. The molecule has 0 spiro atoms. The number of hydrogen-bond acceptors (Lipinski definition) is 3. The first kappa shape index (κ1) is 16.7. The van der Waals surface area contributed by atoms with Crippen LogP contribution < -0.4 is 5.32 Å². The lowest BCUT2D eigenvalue weighted by Gasteiger charge is -2.24. The number of nitrogens with one attached hydrogen (secondary N) is 1.